The zero-order valence-electron chi connectivity index (χ0n) is 21.3. The molecule has 0 bridgehead atoms. The summed E-state index contributed by atoms with van der Waals surface area (Å²) in [4.78, 5) is 46.9. The zero-order chi connectivity index (χ0) is 26.8. The van der Waals surface area contributed by atoms with Crippen molar-refractivity contribution in [2.24, 2.45) is 0 Å². The molecule has 3 heterocycles. The highest BCUT2D eigenvalue weighted by Crippen LogP contribution is 2.39. The lowest BCUT2D eigenvalue weighted by Crippen LogP contribution is -2.48. The standard InChI is InChI=1S/C28H31Cl2N5O3/c1-2-35-23-18-34(27(37)25(23)26(31-28(35)38)21-9-8-20(29)16-22(21)30)11-10-24(36)33-14-12-32(13-15-33)17-19-6-4-3-5-7-19/h3-9,16,26H,2,10-15,17-18H2,1H3,(H,31,38). The number of halogens is 2. The first-order chi connectivity index (χ1) is 18.4. The monoisotopic (exact) mass is 555 g/mol. The van der Waals surface area contributed by atoms with Crippen molar-refractivity contribution in [3.05, 3.63) is 81.0 Å². The fourth-order valence-electron chi connectivity index (χ4n) is 5.42. The molecule has 200 valence electrons. The molecule has 8 nitrogen and oxygen atoms in total. The van der Waals surface area contributed by atoms with Crippen LogP contribution in [0.15, 0.2) is 59.8 Å². The number of carbonyl (C=O) groups excluding carboxylic acids is 3. The Balaban J connectivity index is 1.21. The molecule has 5 rings (SSSR count). The summed E-state index contributed by atoms with van der Waals surface area (Å²) in [6, 6.07) is 14.4. The van der Waals surface area contributed by atoms with Crippen molar-refractivity contribution in [3.63, 3.8) is 0 Å². The van der Waals surface area contributed by atoms with Gasteiger partial charge in [-0.2, -0.15) is 0 Å². The van der Waals surface area contributed by atoms with Gasteiger partial charge in [-0.15, -0.1) is 0 Å². The van der Waals surface area contributed by atoms with Crippen molar-refractivity contribution in [2.45, 2.75) is 25.9 Å². The van der Waals surface area contributed by atoms with E-state index in [1.54, 1.807) is 28.0 Å². The van der Waals surface area contributed by atoms with E-state index in [0.717, 1.165) is 19.6 Å². The first kappa shape index (κ1) is 26.5. The number of hydrogen-bond acceptors (Lipinski definition) is 4. The van der Waals surface area contributed by atoms with E-state index in [0.29, 0.717) is 53.1 Å². The molecule has 38 heavy (non-hydrogen) atoms. The van der Waals surface area contributed by atoms with Crippen LogP contribution in [0.25, 0.3) is 0 Å². The second-order valence-electron chi connectivity index (χ2n) is 9.77. The summed E-state index contributed by atoms with van der Waals surface area (Å²) < 4.78 is 0. The average Bonchev–Trinajstić information content (AvgIpc) is 3.24. The van der Waals surface area contributed by atoms with Crippen LogP contribution in [0.2, 0.25) is 10.0 Å². The van der Waals surface area contributed by atoms with E-state index in [9.17, 15) is 14.4 Å². The summed E-state index contributed by atoms with van der Waals surface area (Å²) in [6.07, 6.45) is 0.241. The van der Waals surface area contributed by atoms with Gasteiger partial charge in [0.1, 0.15) is 0 Å². The van der Waals surface area contributed by atoms with E-state index < -0.39 is 6.04 Å². The van der Waals surface area contributed by atoms with Crippen LogP contribution in [0.1, 0.15) is 30.5 Å². The minimum Gasteiger partial charge on any atom is -0.340 e. The largest absolute Gasteiger partial charge is 0.340 e. The van der Waals surface area contributed by atoms with Gasteiger partial charge in [-0.1, -0.05) is 59.6 Å². The molecular weight excluding hydrogens is 525 g/mol. The van der Waals surface area contributed by atoms with Gasteiger partial charge >= 0.3 is 6.03 Å². The van der Waals surface area contributed by atoms with E-state index in [-0.39, 0.29) is 30.8 Å². The molecule has 1 saturated heterocycles. The maximum atomic E-state index is 13.6. The van der Waals surface area contributed by atoms with Crippen LogP contribution in [0, 0.1) is 0 Å². The topological polar surface area (TPSA) is 76.2 Å². The molecule has 4 amide bonds. The van der Waals surface area contributed by atoms with Crippen molar-refractivity contribution in [3.8, 4) is 0 Å². The van der Waals surface area contributed by atoms with Crippen LogP contribution in [-0.4, -0.2) is 83.3 Å². The van der Waals surface area contributed by atoms with Gasteiger partial charge in [0.2, 0.25) is 5.91 Å². The molecule has 0 saturated carbocycles. The van der Waals surface area contributed by atoms with Gasteiger partial charge in [0, 0.05) is 62.3 Å². The summed E-state index contributed by atoms with van der Waals surface area (Å²) in [5.74, 6) is -0.143. The average molecular weight is 556 g/mol. The zero-order valence-corrected chi connectivity index (χ0v) is 22.8. The molecular formula is C28H31Cl2N5O3. The lowest BCUT2D eigenvalue weighted by atomic mass is 9.95. The van der Waals surface area contributed by atoms with Crippen LogP contribution in [0.5, 0.6) is 0 Å². The smallest absolute Gasteiger partial charge is 0.322 e. The minimum absolute atomic E-state index is 0.0425. The number of urea groups is 1. The molecule has 1 N–H and O–H groups in total. The van der Waals surface area contributed by atoms with Crippen molar-refractivity contribution in [2.75, 3.05) is 45.8 Å². The van der Waals surface area contributed by atoms with Crippen LogP contribution in [0.4, 0.5) is 4.79 Å². The Morgan fingerprint density at radius 2 is 1.76 bits per heavy atom. The Kier molecular flexibility index (Phi) is 7.93. The van der Waals surface area contributed by atoms with Crippen molar-refractivity contribution >= 4 is 41.0 Å². The van der Waals surface area contributed by atoms with Crippen molar-refractivity contribution in [1.82, 2.24) is 24.9 Å². The number of rotatable bonds is 7. The molecule has 1 atom stereocenters. The number of carbonyl (C=O) groups is 3. The molecule has 3 aliphatic heterocycles. The number of nitrogens with zero attached hydrogens (tertiary/aromatic N) is 4. The number of hydrogen-bond donors (Lipinski definition) is 1. The van der Waals surface area contributed by atoms with Gasteiger partial charge in [-0.3, -0.25) is 19.4 Å². The maximum Gasteiger partial charge on any atom is 0.322 e. The highest BCUT2D eigenvalue weighted by atomic mass is 35.5. The van der Waals surface area contributed by atoms with E-state index in [4.69, 9.17) is 23.2 Å². The first-order valence-electron chi connectivity index (χ1n) is 12.9. The fraction of sp³-hybridized carbons (Fsp3) is 0.393. The Bertz CT molecular complexity index is 1260. The molecule has 2 aromatic rings. The van der Waals surface area contributed by atoms with Gasteiger partial charge in [0.25, 0.3) is 5.91 Å². The van der Waals surface area contributed by atoms with Gasteiger partial charge in [0.05, 0.1) is 23.9 Å². The summed E-state index contributed by atoms with van der Waals surface area (Å²) in [5, 5.41) is 3.79. The minimum atomic E-state index is -0.670. The molecule has 0 radical (unpaired) electrons. The van der Waals surface area contributed by atoms with E-state index >= 15 is 0 Å². The molecule has 0 aromatic heterocycles. The lowest BCUT2D eigenvalue weighted by molar-refractivity contribution is -0.134. The highest BCUT2D eigenvalue weighted by molar-refractivity contribution is 6.35. The van der Waals surface area contributed by atoms with E-state index in [1.165, 1.54) is 5.56 Å². The molecule has 0 spiro atoms. The van der Waals surface area contributed by atoms with E-state index in [2.05, 4.69) is 22.3 Å². The van der Waals surface area contributed by atoms with Crippen LogP contribution in [0.3, 0.4) is 0 Å². The summed E-state index contributed by atoms with van der Waals surface area (Å²) in [5.41, 5.74) is 3.05. The molecule has 10 heteroatoms. The molecule has 3 aliphatic rings. The third kappa shape index (κ3) is 5.39. The van der Waals surface area contributed by atoms with Crippen LogP contribution in [-0.2, 0) is 16.1 Å². The maximum absolute atomic E-state index is 13.6. The third-order valence-electron chi connectivity index (χ3n) is 7.46. The Morgan fingerprint density at radius 3 is 2.45 bits per heavy atom. The molecule has 1 unspecified atom stereocenters. The van der Waals surface area contributed by atoms with Gasteiger partial charge in [-0.05, 0) is 30.2 Å². The van der Waals surface area contributed by atoms with Gasteiger partial charge in [0.15, 0.2) is 0 Å². The number of piperazine rings is 1. The summed E-state index contributed by atoms with van der Waals surface area (Å²) in [7, 11) is 0. The summed E-state index contributed by atoms with van der Waals surface area (Å²) >= 11 is 12.5. The van der Waals surface area contributed by atoms with E-state index in [1.807, 2.05) is 30.0 Å². The Morgan fingerprint density at radius 1 is 1.03 bits per heavy atom. The quantitative estimate of drug-likeness (QED) is 0.562. The lowest BCUT2D eigenvalue weighted by Gasteiger charge is -2.35. The number of nitrogens with one attached hydrogen (secondary N) is 1. The molecule has 1 fully saturated rings. The molecule has 2 aromatic carbocycles. The predicted octanol–water partition coefficient (Wildman–Crippen LogP) is 3.91. The van der Waals surface area contributed by atoms with Crippen LogP contribution >= 0.6 is 23.2 Å². The van der Waals surface area contributed by atoms with Gasteiger partial charge < -0.3 is 15.1 Å². The number of likely N-dealkylation sites (N-methyl/N-ethyl adjacent to an activating group) is 1. The Hall–Kier alpha value is -3.07. The second-order valence-corrected chi connectivity index (χ2v) is 10.6. The first-order valence-corrected chi connectivity index (χ1v) is 13.7. The van der Waals surface area contributed by atoms with Gasteiger partial charge in [-0.25, -0.2) is 4.79 Å². The normalized spacial score (nSPS) is 20.2. The number of benzene rings is 2. The van der Waals surface area contributed by atoms with Crippen LogP contribution < -0.4 is 5.32 Å². The molecule has 0 aliphatic carbocycles. The fourth-order valence-corrected chi connectivity index (χ4v) is 5.94. The Labute approximate surface area is 232 Å². The van der Waals surface area contributed by atoms with Crippen molar-refractivity contribution < 1.29 is 14.4 Å². The predicted molar refractivity (Wildman–Crippen MR) is 147 cm³/mol. The third-order valence-corrected chi connectivity index (χ3v) is 8.02. The van der Waals surface area contributed by atoms with Crippen molar-refractivity contribution in [1.29, 1.82) is 0 Å². The second kappa shape index (κ2) is 11.4. The highest BCUT2D eigenvalue weighted by Gasteiger charge is 2.44. The number of amides is 4. The summed E-state index contributed by atoms with van der Waals surface area (Å²) in [6.45, 7) is 6.75. The SMILES string of the molecule is CCN1C(=O)NC(c2ccc(Cl)cc2Cl)C2=C1CN(CCC(=O)N1CCN(Cc3ccccc3)CC1)C2=O.